The van der Waals surface area contributed by atoms with Crippen molar-refractivity contribution in [1.82, 2.24) is 9.97 Å². The molecule has 0 bridgehead atoms. The van der Waals surface area contributed by atoms with E-state index in [2.05, 4.69) is 9.97 Å². The fourth-order valence-corrected chi connectivity index (χ4v) is 2.13. The number of aliphatic hydroxyl groups is 1. The maximum atomic E-state index is 9.62. The van der Waals surface area contributed by atoms with Gasteiger partial charge in [-0.25, -0.2) is 9.97 Å². The molecule has 1 atom stereocenters. The molecule has 0 amide bonds. The Morgan fingerprint density at radius 2 is 2.21 bits per heavy atom. The molecule has 14 heavy (non-hydrogen) atoms. The Kier molecular flexibility index (Phi) is 2.48. The summed E-state index contributed by atoms with van der Waals surface area (Å²) in [7, 11) is 0. The molecule has 74 valence electrons. The van der Waals surface area contributed by atoms with Crippen LogP contribution in [0.25, 0.3) is 10.3 Å². The maximum Gasteiger partial charge on any atom is 0.143 e. The minimum Gasteiger partial charge on any atom is -0.387 e. The highest BCUT2D eigenvalue weighted by atomic mass is 32.1. The van der Waals surface area contributed by atoms with Gasteiger partial charge >= 0.3 is 0 Å². The average Bonchev–Trinajstić information content (AvgIpc) is 2.55. The third-order valence-electron chi connectivity index (χ3n) is 2.11. The summed E-state index contributed by atoms with van der Waals surface area (Å²) in [6.45, 7) is 3.90. The lowest BCUT2D eigenvalue weighted by Crippen LogP contribution is -1.97. The van der Waals surface area contributed by atoms with Gasteiger partial charge in [-0.2, -0.15) is 0 Å². The van der Waals surface area contributed by atoms with Crippen molar-refractivity contribution < 1.29 is 5.11 Å². The van der Waals surface area contributed by atoms with Crippen molar-refractivity contribution in [2.45, 2.75) is 26.4 Å². The number of thiazole rings is 1. The molecule has 2 heterocycles. The van der Waals surface area contributed by atoms with Gasteiger partial charge in [0.05, 0.1) is 16.8 Å². The molecule has 0 aliphatic carbocycles. The number of rotatable bonds is 2. The first-order valence-corrected chi connectivity index (χ1v) is 5.44. The summed E-state index contributed by atoms with van der Waals surface area (Å²) < 4.78 is 0. The highest BCUT2D eigenvalue weighted by Crippen LogP contribution is 2.22. The second-order valence-electron chi connectivity index (χ2n) is 3.22. The van der Waals surface area contributed by atoms with Gasteiger partial charge in [-0.15, -0.1) is 0 Å². The lowest BCUT2D eigenvalue weighted by Gasteiger charge is -2.05. The Bertz CT molecular complexity index is 452. The number of aromatic nitrogens is 2. The van der Waals surface area contributed by atoms with E-state index in [1.54, 1.807) is 11.3 Å². The van der Waals surface area contributed by atoms with Crippen LogP contribution in [-0.2, 0) is 0 Å². The van der Waals surface area contributed by atoms with Crippen LogP contribution in [-0.4, -0.2) is 15.1 Å². The number of hydrogen-bond acceptors (Lipinski definition) is 4. The molecule has 2 aromatic heterocycles. The Morgan fingerprint density at radius 3 is 2.93 bits per heavy atom. The predicted octanol–water partition coefficient (Wildman–Crippen LogP) is 2.44. The number of pyridine rings is 1. The zero-order valence-corrected chi connectivity index (χ0v) is 9.01. The highest BCUT2D eigenvalue weighted by molar-refractivity contribution is 7.18. The lowest BCUT2D eigenvalue weighted by molar-refractivity contribution is 0.169. The molecule has 1 unspecified atom stereocenters. The van der Waals surface area contributed by atoms with E-state index in [1.807, 2.05) is 26.0 Å². The molecule has 4 heteroatoms. The van der Waals surface area contributed by atoms with Crippen LogP contribution in [0.15, 0.2) is 12.1 Å². The smallest absolute Gasteiger partial charge is 0.143 e. The van der Waals surface area contributed by atoms with Crippen LogP contribution in [0.1, 0.15) is 30.2 Å². The van der Waals surface area contributed by atoms with Crippen LogP contribution < -0.4 is 0 Å². The van der Waals surface area contributed by atoms with Gasteiger partial charge in [-0.05, 0) is 25.5 Å². The monoisotopic (exact) mass is 208 g/mol. The number of fused-ring (bicyclic) bond motifs is 1. The van der Waals surface area contributed by atoms with Crippen molar-refractivity contribution in [3.63, 3.8) is 0 Å². The van der Waals surface area contributed by atoms with Crippen molar-refractivity contribution in [2.75, 3.05) is 0 Å². The van der Waals surface area contributed by atoms with Gasteiger partial charge in [0.1, 0.15) is 10.3 Å². The zero-order chi connectivity index (χ0) is 10.1. The summed E-state index contributed by atoms with van der Waals surface area (Å²) >= 11 is 1.56. The largest absolute Gasteiger partial charge is 0.387 e. The number of hydrogen-bond donors (Lipinski definition) is 1. The molecular weight excluding hydrogens is 196 g/mol. The quantitative estimate of drug-likeness (QED) is 0.824. The molecule has 0 saturated carbocycles. The third-order valence-corrected chi connectivity index (χ3v) is 2.99. The minimum atomic E-state index is -0.457. The van der Waals surface area contributed by atoms with Crippen LogP contribution in [0.5, 0.6) is 0 Å². The molecule has 0 aliphatic rings. The summed E-state index contributed by atoms with van der Waals surface area (Å²) in [5, 5.41) is 10.6. The summed E-state index contributed by atoms with van der Waals surface area (Å²) in [5.74, 6) is 0. The fraction of sp³-hybridized carbons (Fsp3) is 0.400. The Labute approximate surface area is 86.4 Å². The first-order chi connectivity index (χ1) is 6.70. The summed E-state index contributed by atoms with van der Waals surface area (Å²) in [4.78, 5) is 9.60. The number of aryl methyl sites for hydroxylation is 1. The highest BCUT2D eigenvalue weighted by Gasteiger charge is 2.08. The first-order valence-electron chi connectivity index (χ1n) is 4.63. The SMILES string of the molecule is CCC(O)c1ccc2nc(C)sc2n1. The van der Waals surface area contributed by atoms with Gasteiger partial charge in [-0.3, -0.25) is 0 Å². The van der Waals surface area contributed by atoms with Gasteiger partial charge in [0, 0.05) is 0 Å². The van der Waals surface area contributed by atoms with Crippen molar-refractivity contribution in [1.29, 1.82) is 0 Å². The normalized spacial score (nSPS) is 13.4. The van der Waals surface area contributed by atoms with E-state index < -0.39 is 6.10 Å². The van der Waals surface area contributed by atoms with E-state index in [1.165, 1.54) is 0 Å². The number of nitrogens with zero attached hydrogens (tertiary/aromatic N) is 2. The Balaban J connectivity index is 2.50. The molecule has 0 fully saturated rings. The molecule has 0 aliphatic heterocycles. The van der Waals surface area contributed by atoms with Crippen molar-refractivity contribution >= 4 is 21.7 Å². The molecule has 0 radical (unpaired) electrons. The molecule has 0 spiro atoms. The second kappa shape index (κ2) is 3.63. The second-order valence-corrected chi connectivity index (χ2v) is 4.40. The van der Waals surface area contributed by atoms with Gasteiger partial charge in [0.25, 0.3) is 0 Å². The molecule has 1 N–H and O–H groups in total. The van der Waals surface area contributed by atoms with Crippen molar-refractivity contribution in [3.05, 3.63) is 22.8 Å². The average molecular weight is 208 g/mol. The van der Waals surface area contributed by atoms with Gasteiger partial charge in [0.2, 0.25) is 0 Å². The summed E-state index contributed by atoms with van der Waals surface area (Å²) in [6, 6.07) is 3.76. The summed E-state index contributed by atoms with van der Waals surface area (Å²) in [6.07, 6.45) is 0.234. The zero-order valence-electron chi connectivity index (χ0n) is 8.19. The predicted molar refractivity (Wildman–Crippen MR) is 57.4 cm³/mol. The third kappa shape index (κ3) is 1.63. The maximum absolute atomic E-state index is 9.62. The lowest BCUT2D eigenvalue weighted by atomic mass is 10.2. The fourth-order valence-electron chi connectivity index (χ4n) is 1.33. The van der Waals surface area contributed by atoms with E-state index in [0.29, 0.717) is 6.42 Å². The standard InChI is InChI=1S/C10H12N2OS/c1-3-9(13)7-4-5-8-10(12-7)14-6(2)11-8/h4-5,9,13H,3H2,1-2H3. The molecule has 0 saturated heterocycles. The van der Waals surface area contributed by atoms with E-state index in [0.717, 1.165) is 21.0 Å². The van der Waals surface area contributed by atoms with Crippen molar-refractivity contribution in [3.8, 4) is 0 Å². The van der Waals surface area contributed by atoms with Gasteiger partial charge in [-0.1, -0.05) is 18.3 Å². The molecule has 0 aromatic carbocycles. The van der Waals surface area contributed by atoms with E-state index in [9.17, 15) is 5.11 Å². The van der Waals surface area contributed by atoms with E-state index >= 15 is 0 Å². The van der Waals surface area contributed by atoms with Crippen LogP contribution >= 0.6 is 11.3 Å². The molecule has 2 aromatic rings. The van der Waals surface area contributed by atoms with Gasteiger partial charge in [0.15, 0.2) is 0 Å². The first kappa shape index (κ1) is 9.55. The van der Waals surface area contributed by atoms with E-state index in [-0.39, 0.29) is 0 Å². The minimum absolute atomic E-state index is 0.457. The van der Waals surface area contributed by atoms with Crippen LogP contribution in [0.4, 0.5) is 0 Å². The Morgan fingerprint density at radius 1 is 1.43 bits per heavy atom. The van der Waals surface area contributed by atoms with Crippen LogP contribution in [0.3, 0.4) is 0 Å². The molecule has 3 nitrogen and oxygen atoms in total. The number of aliphatic hydroxyl groups excluding tert-OH is 1. The Hall–Kier alpha value is -1.00. The van der Waals surface area contributed by atoms with Gasteiger partial charge < -0.3 is 5.11 Å². The summed E-state index contributed by atoms with van der Waals surface area (Å²) in [5.41, 5.74) is 1.66. The van der Waals surface area contributed by atoms with Crippen LogP contribution in [0.2, 0.25) is 0 Å². The molecular formula is C10H12N2OS. The topological polar surface area (TPSA) is 46.0 Å². The van der Waals surface area contributed by atoms with Crippen molar-refractivity contribution in [2.24, 2.45) is 0 Å². The van der Waals surface area contributed by atoms with Crippen LogP contribution in [0, 0.1) is 6.92 Å². The molecule has 2 rings (SSSR count). The van der Waals surface area contributed by atoms with E-state index in [4.69, 9.17) is 0 Å².